The quantitative estimate of drug-likeness (QED) is 0.672. The van der Waals surface area contributed by atoms with Crippen LogP contribution in [0.25, 0.3) is 0 Å². The first-order valence-corrected chi connectivity index (χ1v) is 12.9. The third-order valence-electron chi connectivity index (χ3n) is 5.51. The Hall–Kier alpha value is -2.08. The van der Waals surface area contributed by atoms with Gasteiger partial charge >= 0.3 is 0 Å². The summed E-state index contributed by atoms with van der Waals surface area (Å²) in [6, 6.07) is 6.43. The number of hydrogen-bond donors (Lipinski definition) is 0. The molecule has 0 saturated carbocycles. The van der Waals surface area contributed by atoms with E-state index in [1.54, 1.807) is 18.2 Å². The Bertz CT molecular complexity index is 1060. The highest BCUT2D eigenvalue weighted by molar-refractivity contribution is 7.89. The van der Waals surface area contributed by atoms with Gasteiger partial charge in [-0.1, -0.05) is 6.42 Å². The van der Waals surface area contributed by atoms with Crippen LogP contribution in [-0.2, 0) is 20.0 Å². The maximum atomic E-state index is 12.8. The molecule has 2 saturated heterocycles. The molecular formula is C19H25N5O4S2. The van der Waals surface area contributed by atoms with Crippen molar-refractivity contribution in [1.29, 1.82) is 0 Å². The van der Waals surface area contributed by atoms with Gasteiger partial charge in [0.15, 0.2) is 0 Å². The Balaban J connectivity index is 1.42. The zero-order valence-electron chi connectivity index (χ0n) is 16.6. The third kappa shape index (κ3) is 4.20. The second kappa shape index (κ2) is 8.58. The van der Waals surface area contributed by atoms with Crippen LogP contribution >= 0.6 is 0 Å². The van der Waals surface area contributed by atoms with E-state index in [1.165, 1.54) is 33.3 Å². The summed E-state index contributed by atoms with van der Waals surface area (Å²) in [7, 11) is -7.08. The summed E-state index contributed by atoms with van der Waals surface area (Å²) in [5.74, 6) is 0.644. The first kappa shape index (κ1) is 21.2. The predicted molar refractivity (Wildman–Crippen MR) is 112 cm³/mol. The van der Waals surface area contributed by atoms with Crippen LogP contribution in [0.2, 0.25) is 0 Å². The molecule has 0 radical (unpaired) electrons. The largest absolute Gasteiger partial charge is 0.354 e. The van der Waals surface area contributed by atoms with Gasteiger partial charge in [0.2, 0.25) is 20.0 Å². The van der Waals surface area contributed by atoms with Crippen molar-refractivity contribution in [1.82, 2.24) is 18.6 Å². The molecular weight excluding hydrogens is 426 g/mol. The fourth-order valence-corrected chi connectivity index (χ4v) is 6.62. The number of piperidine rings is 1. The van der Waals surface area contributed by atoms with Gasteiger partial charge in [0, 0.05) is 57.9 Å². The van der Waals surface area contributed by atoms with Crippen LogP contribution in [0.15, 0.2) is 52.6 Å². The van der Waals surface area contributed by atoms with Crippen molar-refractivity contribution in [2.45, 2.75) is 29.1 Å². The van der Waals surface area contributed by atoms with Crippen LogP contribution in [0.5, 0.6) is 0 Å². The molecule has 2 aliphatic heterocycles. The van der Waals surface area contributed by atoms with Crippen molar-refractivity contribution in [3.05, 3.63) is 42.9 Å². The molecule has 9 nitrogen and oxygen atoms in total. The molecule has 2 aromatic rings. The molecule has 0 bridgehead atoms. The third-order valence-corrected chi connectivity index (χ3v) is 9.27. The summed E-state index contributed by atoms with van der Waals surface area (Å²) in [6.45, 7) is 2.71. The van der Waals surface area contributed by atoms with Crippen LogP contribution in [-0.4, -0.2) is 74.7 Å². The molecule has 0 spiro atoms. The number of sulfonamides is 2. The maximum Gasteiger partial charge on any atom is 0.244 e. The molecule has 162 valence electrons. The van der Waals surface area contributed by atoms with Gasteiger partial charge in [-0.05, 0) is 37.1 Å². The molecule has 11 heteroatoms. The highest BCUT2D eigenvalue weighted by atomic mass is 32.2. The number of piperazine rings is 1. The molecule has 0 atom stereocenters. The topological polar surface area (TPSA) is 104 Å². The summed E-state index contributed by atoms with van der Waals surface area (Å²) in [6.07, 6.45) is 7.13. The van der Waals surface area contributed by atoms with E-state index in [-0.39, 0.29) is 9.79 Å². The molecule has 0 amide bonds. The van der Waals surface area contributed by atoms with Crippen LogP contribution < -0.4 is 4.90 Å². The SMILES string of the molecule is O=S(=O)(c1ccc(N2CCN(S(=O)(=O)c3cccnc3)CC2)nc1)N1CCCCC1. The molecule has 0 aromatic carbocycles. The minimum absolute atomic E-state index is 0.184. The lowest BCUT2D eigenvalue weighted by Crippen LogP contribution is -2.48. The Morgan fingerprint density at radius 2 is 1.33 bits per heavy atom. The zero-order chi connectivity index (χ0) is 21.2. The Morgan fingerprint density at radius 3 is 1.90 bits per heavy atom. The fraction of sp³-hybridized carbons (Fsp3) is 0.474. The molecule has 30 heavy (non-hydrogen) atoms. The maximum absolute atomic E-state index is 12.8. The van der Waals surface area contributed by atoms with Crippen molar-refractivity contribution >= 4 is 25.9 Å². The summed E-state index contributed by atoms with van der Waals surface area (Å²) in [5.41, 5.74) is 0. The monoisotopic (exact) mass is 451 g/mol. The van der Waals surface area contributed by atoms with Gasteiger partial charge in [-0.3, -0.25) is 4.98 Å². The van der Waals surface area contributed by atoms with Crippen LogP contribution in [0.3, 0.4) is 0 Å². The van der Waals surface area contributed by atoms with Gasteiger partial charge in [0.1, 0.15) is 15.6 Å². The summed E-state index contributed by atoms with van der Waals surface area (Å²) >= 11 is 0. The first-order valence-electron chi connectivity index (χ1n) is 10.0. The van der Waals surface area contributed by atoms with E-state index >= 15 is 0 Å². The average Bonchev–Trinajstić information content (AvgIpc) is 2.80. The Morgan fingerprint density at radius 1 is 0.700 bits per heavy atom. The lowest BCUT2D eigenvalue weighted by molar-refractivity contribution is 0.346. The number of anilines is 1. The number of hydrogen-bond acceptors (Lipinski definition) is 7. The van der Waals surface area contributed by atoms with Gasteiger partial charge in [0.05, 0.1) is 0 Å². The highest BCUT2D eigenvalue weighted by Gasteiger charge is 2.30. The Kier molecular flexibility index (Phi) is 6.05. The average molecular weight is 452 g/mol. The van der Waals surface area contributed by atoms with Crippen LogP contribution in [0.4, 0.5) is 5.82 Å². The lowest BCUT2D eigenvalue weighted by Gasteiger charge is -2.34. The number of nitrogens with zero attached hydrogens (tertiary/aromatic N) is 5. The van der Waals surface area contributed by atoms with E-state index in [2.05, 4.69) is 9.97 Å². The van der Waals surface area contributed by atoms with E-state index in [1.807, 2.05) is 4.90 Å². The number of rotatable bonds is 5. The fourth-order valence-electron chi connectivity index (χ4n) is 3.77. The van der Waals surface area contributed by atoms with Crippen molar-refractivity contribution in [3.63, 3.8) is 0 Å². The van der Waals surface area contributed by atoms with E-state index < -0.39 is 20.0 Å². The summed E-state index contributed by atoms with van der Waals surface area (Å²) in [5, 5.41) is 0. The van der Waals surface area contributed by atoms with Gasteiger partial charge in [-0.2, -0.15) is 8.61 Å². The van der Waals surface area contributed by atoms with Crippen LogP contribution in [0.1, 0.15) is 19.3 Å². The molecule has 0 aliphatic carbocycles. The molecule has 4 heterocycles. The van der Waals surface area contributed by atoms with E-state index in [9.17, 15) is 16.8 Å². The van der Waals surface area contributed by atoms with E-state index in [4.69, 9.17) is 0 Å². The lowest BCUT2D eigenvalue weighted by atomic mass is 10.2. The van der Waals surface area contributed by atoms with Crippen molar-refractivity contribution in [3.8, 4) is 0 Å². The van der Waals surface area contributed by atoms with Gasteiger partial charge in [-0.15, -0.1) is 0 Å². The minimum atomic E-state index is -3.57. The molecule has 2 fully saturated rings. The number of aromatic nitrogens is 2. The van der Waals surface area contributed by atoms with Gasteiger partial charge in [-0.25, -0.2) is 21.8 Å². The normalized spacial score (nSPS) is 19.7. The molecule has 2 aliphatic rings. The minimum Gasteiger partial charge on any atom is -0.354 e. The molecule has 0 N–H and O–H groups in total. The smallest absolute Gasteiger partial charge is 0.244 e. The zero-order valence-corrected chi connectivity index (χ0v) is 18.2. The second-order valence-corrected chi connectivity index (χ2v) is 11.3. The van der Waals surface area contributed by atoms with Crippen molar-refractivity contribution in [2.75, 3.05) is 44.2 Å². The standard InChI is InChI=1S/C19H25N5O4S2/c25-29(26,17-5-4-8-20-15-17)24-13-11-22(12-14-24)19-7-6-18(16-21-19)30(27,28)23-9-2-1-3-10-23/h4-8,15-16H,1-3,9-14H2. The first-order chi connectivity index (χ1) is 14.4. The van der Waals surface area contributed by atoms with Crippen molar-refractivity contribution in [2.24, 2.45) is 0 Å². The molecule has 2 aromatic heterocycles. The van der Waals surface area contributed by atoms with E-state index in [0.717, 1.165) is 19.3 Å². The van der Waals surface area contributed by atoms with E-state index in [0.29, 0.717) is 45.1 Å². The summed E-state index contributed by atoms with van der Waals surface area (Å²) < 4.78 is 53.9. The second-order valence-electron chi connectivity index (χ2n) is 7.40. The molecule has 4 rings (SSSR count). The van der Waals surface area contributed by atoms with Crippen LogP contribution in [0, 0.1) is 0 Å². The molecule has 0 unspecified atom stereocenters. The van der Waals surface area contributed by atoms with Crippen molar-refractivity contribution < 1.29 is 16.8 Å². The summed E-state index contributed by atoms with van der Waals surface area (Å²) in [4.78, 5) is 10.6. The van der Waals surface area contributed by atoms with Gasteiger partial charge in [0.25, 0.3) is 0 Å². The van der Waals surface area contributed by atoms with Gasteiger partial charge < -0.3 is 4.90 Å². The highest BCUT2D eigenvalue weighted by Crippen LogP contribution is 2.23. The number of pyridine rings is 2. The Labute approximate surface area is 177 Å². The predicted octanol–water partition coefficient (Wildman–Crippen LogP) is 1.16.